The minimum atomic E-state index is -0.210. The molecule has 0 aromatic carbocycles. The Bertz CT molecular complexity index is 434. The molecule has 0 N–H and O–H groups in total. The second-order valence-electron chi connectivity index (χ2n) is 4.73. The summed E-state index contributed by atoms with van der Waals surface area (Å²) in [5.41, 5.74) is 0. The van der Waals surface area contributed by atoms with E-state index in [2.05, 4.69) is 13.8 Å². The van der Waals surface area contributed by atoms with E-state index in [1.807, 2.05) is 24.0 Å². The summed E-state index contributed by atoms with van der Waals surface area (Å²) in [5, 5.41) is 0. The Morgan fingerprint density at radius 1 is 1.56 bits per heavy atom. The number of carbonyl (C=O) groups is 1. The topological polar surface area (TPSA) is 29.5 Å². The summed E-state index contributed by atoms with van der Waals surface area (Å²) in [7, 11) is 0. The van der Waals surface area contributed by atoms with Crippen LogP contribution in [0.4, 0.5) is 4.79 Å². The van der Waals surface area contributed by atoms with Gasteiger partial charge in [-0.1, -0.05) is 24.9 Å². The van der Waals surface area contributed by atoms with Crippen molar-refractivity contribution in [1.29, 1.82) is 0 Å². The molecule has 1 unspecified atom stereocenters. The van der Waals surface area contributed by atoms with Crippen molar-refractivity contribution >= 4 is 29.0 Å². The van der Waals surface area contributed by atoms with Crippen LogP contribution in [-0.2, 0) is 4.74 Å². The Labute approximate surface area is 117 Å². The van der Waals surface area contributed by atoms with Gasteiger partial charge in [0, 0.05) is 10.9 Å². The zero-order chi connectivity index (χ0) is 13.3. The maximum Gasteiger partial charge on any atom is 0.411 e. The molecule has 5 heteroatoms. The average Bonchev–Trinajstić information content (AvgIpc) is 2.83. The van der Waals surface area contributed by atoms with Gasteiger partial charge < -0.3 is 4.74 Å². The Hall–Kier alpha value is -0.740. The predicted octanol–water partition coefficient (Wildman–Crippen LogP) is 4.47. The molecule has 0 aliphatic carbocycles. The number of nitrogens with zero attached hydrogens (tertiary/aromatic N) is 1. The SMILES string of the molecule is CCCC(C)N1C(=O)O[C@H](c2ccc(Cl)s2)[C@@H]1C. The van der Waals surface area contributed by atoms with Crippen molar-refractivity contribution in [3.63, 3.8) is 0 Å². The quantitative estimate of drug-likeness (QED) is 0.817. The van der Waals surface area contributed by atoms with Crippen LogP contribution < -0.4 is 0 Å². The lowest BCUT2D eigenvalue weighted by Crippen LogP contribution is -2.39. The number of cyclic esters (lactones) is 1. The first-order chi connectivity index (χ1) is 8.54. The number of hydrogen-bond acceptors (Lipinski definition) is 3. The van der Waals surface area contributed by atoms with Gasteiger partial charge in [-0.15, -0.1) is 11.3 Å². The summed E-state index contributed by atoms with van der Waals surface area (Å²) >= 11 is 7.42. The zero-order valence-corrected chi connectivity index (χ0v) is 12.4. The number of thiophene rings is 1. The van der Waals surface area contributed by atoms with Gasteiger partial charge in [0.1, 0.15) is 0 Å². The molecule has 3 nitrogen and oxygen atoms in total. The third-order valence-corrected chi connectivity index (χ3v) is 4.66. The summed E-state index contributed by atoms with van der Waals surface area (Å²) in [6.07, 6.45) is 1.66. The van der Waals surface area contributed by atoms with Crippen molar-refractivity contribution in [1.82, 2.24) is 4.90 Å². The first-order valence-electron chi connectivity index (χ1n) is 6.28. The molecule has 2 rings (SSSR count). The molecule has 0 radical (unpaired) electrons. The summed E-state index contributed by atoms with van der Waals surface area (Å²) < 4.78 is 6.22. The van der Waals surface area contributed by atoms with Crippen LogP contribution in [0.3, 0.4) is 0 Å². The van der Waals surface area contributed by atoms with Crippen LogP contribution in [0, 0.1) is 0 Å². The first-order valence-corrected chi connectivity index (χ1v) is 7.48. The Kier molecular flexibility index (Phi) is 4.17. The maximum absolute atomic E-state index is 12.0. The van der Waals surface area contributed by atoms with Crippen molar-refractivity contribution < 1.29 is 9.53 Å². The van der Waals surface area contributed by atoms with Crippen LogP contribution in [0.15, 0.2) is 12.1 Å². The van der Waals surface area contributed by atoms with Crippen LogP contribution in [0.1, 0.15) is 44.6 Å². The summed E-state index contributed by atoms with van der Waals surface area (Å²) in [4.78, 5) is 14.8. The average molecular weight is 288 g/mol. The van der Waals surface area contributed by atoms with Crippen LogP contribution in [-0.4, -0.2) is 23.1 Å². The molecule has 0 spiro atoms. The van der Waals surface area contributed by atoms with Gasteiger partial charge in [0.15, 0.2) is 6.10 Å². The lowest BCUT2D eigenvalue weighted by atomic mass is 10.1. The summed E-state index contributed by atoms with van der Waals surface area (Å²) in [5.74, 6) is 0. The van der Waals surface area contributed by atoms with E-state index in [4.69, 9.17) is 16.3 Å². The van der Waals surface area contributed by atoms with Gasteiger partial charge in [-0.05, 0) is 32.4 Å². The van der Waals surface area contributed by atoms with E-state index in [-0.39, 0.29) is 24.3 Å². The highest BCUT2D eigenvalue weighted by Gasteiger charge is 2.42. The number of hydrogen-bond donors (Lipinski definition) is 0. The number of halogens is 1. The van der Waals surface area contributed by atoms with Gasteiger partial charge in [-0.3, -0.25) is 4.90 Å². The molecule has 3 atom stereocenters. The van der Waals surface area contributed by atoms with Crippen molar-refractivity contribution in [3.8, 4) is 0 Å². The maximum atomic E-state index is 12.0. The predicted molar refractivity (Wildman–Crippen MR) is 74.2 cm³/mol. The lowest BCUT2D eigenvalue weighted by molar-refractivity contribution is 0.129. The number of rotatable bonds is 4. The molecule has 0 saturated carbocycles. The van der Waals surface area contributed by atoms with Crippen LogP contribution >= 0.6 is 22.9 Å². The third-order valence-electron chi connectivity index (χ3n) is 3.37. The van der Waals surface area contributed by atoms with E-state index < -0.39 is 0 Å². The number of amides is 1. The molecule has 1 amide bonds. The molecule has 1 fully saturated rings. The highest BCUT2D eigenvalue weighted by Crippen LogP contribution is 2.38. The van der Waals surface area contributed by atoms with E-state index >= 15 is 0 Å². The fourth-order valence-electron chi connectivity index (χ4n) is 2.50. The van der Waals surface area contributed by atoms with Crippen molar-refractivity contribution in [2.75, 3.05) is 0 Å². The van der Waals surface area contributed by atoms with Crippen molar-refractivity contribution in [2.24, 2.45) is 0 Å². The van der Waals surface area contributed by atoms with Gasteiger partial charge >= 0.3 is 6.09 Å². The zero-order valence-electron chi connectivity index (χ0n) is 10.9. The summed E-state index contributed by atoms with van der Waals surface area (Å²) in [6, 6.07) is 4.07. The fourth-order valence-corrected chi connectivity index (χ4v) is 3.68. The Morgan fingerprint density at radius 3 is 2.83 bits per heavy atom. The van der Waals surface area contributed by atoms with Gasteiger partial charge in [0.2, 0.25) is 0 Å². The molecule has 100 valence electrons. The molecule has 2 heterocycles. The Balaban J connectivity index is 2.16. The smallest absolute Gasteiger partial charge is 0.411 e. The second-order valence-corrected chi connectivity index (χ2v) is 6.48. The van der Waals surface area contributed by atoms with Gasteiger partial charge in [-0.2, -0.15) is 0 Å². The van der Waals surface area contributed by atoms with Gasteiger partial charge in [0.05, 0.1) is 10.4 Å². The molecule has 1 aromatic heterocycles. The highest BCUT2D eigenvalue weighted by atomic mass is 35.5. The molecule has 18 heavy (non-hydrogen) atoms. The molecule has 0 bridgehead atoms. The molecule has 1 saturated heterocycles. The fraction of sp³-hybridized carbons (Fsp3) is 0.615. The highest BCUT2D eigenvalue weighted by molar-refractivity contribution is 7.16. The van der Waals surface area contributed by atoms with Crippen LogP contribution in [0.2, 0.25) is 4.34 Å². The number of carbonyl (C=O) groups excluding carboxylic acids is 1. The summed E-state index contributed by atoms with van der Waals surface area (Å²) in [6.45, 7) is 6.24. The third kappa shape index (κ3) is 2.50. The largest absolute Gasteiger partial charge is 0.438 e. The van der Waals surface area contributed by atoms with Crippen molar-refractivity contribution in [2.45, 2.75) is 51.8 Å². The lowest BCUT2D eigenvalue weighted by Gasteiger charge is -2.26. The van der Waals surface area contributed by atoms with E-state index in [0.717, 1.165) is 22.1 Å². The van der Waals surface area contributed by atoms with Gasteiger partial charge in [-0.25, -0.2) is 4.79 Å². The normalized spacial score (nSPS) is 25.3. The van der Waals surface area contributed by atoms with E-state index in [0.29, 0.717) is 0 Å². The van der Waals surface area contributed by atoms with Crippen molar-refractivity contribution in [3.05, 3.63) is 21.3 Å². The van der Waals surface area contributed by atoms with E-state index in [1.165, 1.54) is 11.3 Å². The minimum absolute atomic E-state index is 0.0637. The minimum Gasteiger partial charge on any atom is -0.438 e. The van der Waals surface area contributed by atoms with E-state index in [1.54, 1.807) is 0 Å². The molecular weight excluding hydrogens is 270 g/mol. The van der Waals surface area contributed by atoms with Crippen LogP contribution in [0.25, 0.3) is 0 Å². The molecule has 1 aliphatic heterocycles. The first kappa shape index (κ1) is 13.7. The molecule has 1 aliphatic rings. The Morgan fingerprint density at radius 2 is 2.28 bits per heavy atom. The van der Waals surface area contributed by atoms with Gasteiger partial charge in [0.25, 0.3) is 0 Å². The monoisotopic (exact) mass is 287 g/mol. The standard InChI is InChI=1S/C13H18ClNO2S/c1-4-5-8(2)15-9(3)12(17-13(15)16)10-6-7-11(14)18-10/h6-9,12H,4-5H2,1-3H3/t8?,9-,12-/m0/s1. The second kappa shape index (κ2) is 5.49. The number of ether oxygens (including phenoxy) is 1. The van der Waals surface area contributed by atoms with E-state index in [9.17, 15) is 4.79 Å². The molecule has 1 aromatic rings. The van der Waals surface area contributed by atoms with Crippen LogP contribution in [0.5, 0.6) is 0 Å². The molecular formula is C13H18ClNO2S.